The normalized spacial score (nSPS) is 15.4. The van der Waals surface area contributed by atoms with Gasteiger partial charge in [0.2, 0.25) is 0 Å². The van der Waals surface area contributed by atoms with Gasteiger partial charge in [-0.05, 0) is 35.4 Å². The van der Waals surface area contributed by atoms with Gasteiger partial charge < -0.3 is 0 Å². The van der Waals surface area contributed by atoms with Crippen molar-refractivity contribution in [3.63, 3.8) is 0 Å². The molecule has 0 unspecified atom stereocenters. The molecule has 4 aromatic heterocycles. The number of rotatable bonds is 2. The monoisotopic (exact) mass is 744 g/mol. The number of allylic oxidation sites excluding steroid dienone is 2. The molecule has 3 aliphatic carbocycles. The van der Waals surface area contributed by atoms with Gasteiger partial charge in [-0.3, -0.25) is 19.2 Å². The molecule has 3 aliphatic rings. The fourth-order valence-electron chi connectivity index (χ4n) is 6.54. The Balaban J connectivity index is 0.000000518. The molecule has 0 amide bonds. The highest BCUT2D eigenvalue weighted by Crippen LogP contribution is 2.61. The summed E-state index contributed by atoms with van der Waals surface area (Å²) in [4.78, 5) is 56.1. The third kappa shape index (κ3) is 5.38. The summed E-state index contributed by atoms with van der Waals surface area (Å²) in [6.07, 6.45) is -0.485. The molecule has 0 spiro atoms. The van der Waals surface area contributed by atoms with E-state index in [1.807, 2.05) is 13.8 Å². The zero-order valence-electron chi connectivity index (χ0n) is 27.3. The third-order valence-electron chi connectivity index (χ3n) is 8.64. The number of hydrogen-bond acceptors (Lipinski definition) is 8. The Hall–Kier alpha value is -4.29. The summed E-state index contributed by atoms with van der Waals surface area (Å²) >= 11 is 6.81. The lowest BCUT2D eigenvalue weighted by Crippen LogP contribution is -2.13. The molecule has 0 saturated carbocycles. The largest absolute Gasteiger partial charge is 0.386 e. The molecule has 4 heterocycles. The Morgan fingerprint density at radius 1 is 0.600 bits per heavy atom. The van der Waals surface area contributed by atoms with E-state index in [-0.39, 0.29) is 46.6 Å². The van der Waals surface area contributed by atoms with Crippen molar-refractivity contribution in [3.05, 3.63) is 115 Å². The van der Waals surface area contributed by atoms with Crippen molar-refractivity contribution in [3.8, 4) is 9.75 Å². The van der Waals surface area contributed by atoms with Crippen LogP contribution in [0.15, 0.2) is 71.8 Å². The number of alkyl halides is 3. The average Bonchev–Trinajstić information content (AvgIpc) is 3.92. The number of hydrogen-bond donors (Lipinski definition) is 0. The molecule has 6 aromatic rings. The van der Waals surface area contributed by atoms with Crippen molar-refractivity contribution in [2.75, 3.05) is 0 Å². The van der Waals surface area contributed by atoms with Crippen LogP contribution in [0.2, 0.25) is 0 Å². The SMILES string of the molecule is CC.CC(F)(F)F.CC1(C)c2cc(C=C3C(=O)c4ccccc4C3=O)sc2-c2sc3c(sc4cc(C=C5C(=O)c6ccccc6C5=O)sc43)c21. The lowest BCUT2D eigenvalue weighted by Gasteiger charge is -2.19. The fraction of sp³-hybridized carbons (Fsp3) is 0.179. The lowest BCUT2D eigenvalue weighted by atomic mass is 9.84. The molecule has 2 aromatic carbocycles. The highest BCUT2D eigenvalue weighted by atomic mass is 32.1. The molecule has 11 heteroatoms. The van der Waals surface area contributed by atoms with Crippen molar-refractivity contribution in [2.45, 2.75) is 46.2 Å². The number of fused-ring (bicyclic) bond motifs is 9. The molecule has 0 aliphatic heterocycles. The van der Waals surface area contributed by atoms with Gasteiger partial charge in [0.05, 0.1) is 30.1 Å². The molecule has 0 N–H and O–H groups in total. The summed E-state index contributed by atoms with van der Waals surface area (Å²) in [7, 11) is 0. The van der Waals surface area contributed by atoms with Crippen LogP contribution in [0.5, 0.6) is 0 Å². The summed E-state index contributed by atoms with van der Waals surface area (Å²) in [5.74, 6) is -0.830. The molecule has 0 radical (unpaired) electrons. The Morgan fingerprint density at radius 3 is 1.50 bits per heavy atom. The van der Waals surface area contributed by atoms with Crippen molar-refractivity contribution < 1.29 is 32.3 Å². The van der Waals surface area contributed by atoms with E-state index in [4.69, 9.17) is 0 Å². The molecular weight excluding hydrogens is 718 g/mol. The van der Waals surface area contributed by atoms with Crippen LogP contribution in [-0.4, -0.2) is 29.3 Å². The van der Waals surface area contributed by atoms with Crippen molar-refractivity contribution in [1.82, 2.24) is 0 Å². The summed E-state index contributed by atoms with van der Waals surface area (Å²) in [6.45, 7) is 8.68. The topological polar surface area (TPSA) is 68.3 Å². The number of thiophene rings is 4. The molecule has 0 saturated heterocycles. The molecule has 0 atom stereocenters. The summed E-state index contributed by atoms with van der Waals surface area (Å²) in [6, 6.07) is 18.2. The van der Waals surface area contributed by atoms with Gasteiger partial charge in [-0.15, -0.1) is 45.3 Å². The minimum atomic E-state index is -4.00. The second-order valence-electron chi connectivity index (χ2n) is 12.2. The van der Waals surface area contributed by atoms with Gasteiger partial charge in [-0.2, -0.15) is 13.2 Å². The lowest BCUT2D eigenvalue weighted by molar-refractivity contribution is -0.110. The van der Waals surface area contributed by atoms with Crippen LogP contribution in [-0.2, 0) is 5.41 Å². The molecule has 4 nitrogen and oxygen atoms in total. The minimum absolute atomic E-state index is 0.188. The first-order valence-corrected chi connectivity index (χ1v) is 19.0. The molecule has 0 bridgehead atoms. The first-order valence-electron chi connectivity index (χ1n) is 15.7. The molecular formula is C39H27F3O4S4. The van der Waals surface area contributed by atoms with E-state index in [1.165, 1.54) is 35.0 Å². The van der Waals surface area contributed by atoms with Gasteiger partial charge in [-0.1, -0.05) is 76.2 Å². The maximum Gasteiger partial charge on any atom is 0.386 e. The number of carbonyl (C=O) groups excluding carboxylic acids is 4. The zero-order chi connectivity index (χ0) is 35.9. The standard InChI is InChI=1S/C35H18O4S4.C2H3F3.C2H6/c1-35(2)23-13-15(11-21-26(36)17-7-3-4-8-18(17)27(21)37)40-30(23)32-25(35)33-34(43-32)31-24(42-33)14-16(41-31)12-22-28(38)19-9-5-6-10-20(19)29(22)39;1-2(3,4)5;1-2/h3-14H,1-2H3;1H3;1-2H3. The predicted octanol–water partition coefficient (Wildman–Crippen LogP) is 12.1. The van der Waals surface area contributed by atoms with E-state index in [0.717, 1.165) is 14.5 Å². The summed E-state index contributed by atoms with van der Waals surface area (Å²) < 4.78 is 35.9. The van der Waals surface area contributed by atoms with E-state index >= 15 is 0 Å². The summed E-state index contributed by atoms with van der Waals surface area (Å²) in [5.41, 5.74) is 4.70. The van der Waals surface area contributed by atoms with Crippen molar-refractivity contribution >= 4 is 99.4 Å². The van der Waals surface area contributed by atoms with Gasteiger partial charge >= 0.3 is 6.18 Å². The fourth-order valence-corrected chi connectivity index (χ4v) is 12.5. The van der Waals surface area contributed by atoms with Crippen LogP contribution in [0.1, 0.15) is 96.9 Å². The van der Waals surface area contributed by atoms with E-state index in [0.29, 0.717) is 22.3 Å². The molecule has 0 fully saturated rings. The third-order valence-corrected chi connectivity index (χ3v) is 13.7. The Morgan fingerprint density at radius 2 is 1.04 bits per heavy atom. The molecule has 9 rings (SSSR count). The number of ketones is 4. The second-order valence-corrected chi connectivity index (χ2v) is 16.5. The van der Waals surface area contributed by atoms with Crippen LogP contribution in [0.3, 0.4) is 0 Å². The smallest absolute Gasteiger partial charge is 0.288 e. The van der Waals surface area contributed by atoms with E-state index in [2.05, 4.69) is 26.0 Å². The van der Waals surface area contributed by atoms with Crippen LogP contribution in [0.4, 0.5) is 13.2 Å². The molecule has 50 heavy (non-hydrogen) atoms. The highest BCUT2D eigenvalue weighted by Gasteiger charge is 2.42. The van der Waals surface area contributed by atoms with E-state index in [1.54, 1.807) is 106 Å². The Kier molecular flexibility index (Phi) is 8.33. The van der Waals surface area contributed by atoms with Gasteiger partial charge in [0.1, 0.15) is 0 Å². The maximum absolute atomic E-state index is 13.0. The highest BCUT2D eigenvalue weighted by molar-refractivity contribution is 7.40. The summed E-state index contributed by atoms with van der Waals surface area (Å²) in [5, 5.41) is 0. The minimum Gasteiger partial charge on any atom is -0.288 e. The predicted molar refractivity (Wildman–Crippen MR) is 200 cm³/mol. The number of benzene rings is 2. The van der Waals surface area contributed by atoms with Crippen molar-refractivity contribution in [2.24, 2.45) is 0 Å². The van der Waals surface area contributed by atoms with E-state index in [9.17, 15) is 32.3 Å². The Bertz CT molecular complexity index is 2430. The zero-order valence-corrected chi connectivity index (χ0v) is 30.6. The number of Topliss-reactive ketones (excluding diaryl/α,β-unsaturated/α-hetero) is 4. The van der Waals surface area contributed by atoms with Gasteiger partial charge in [-0.25, -0.2) is 0 Å². The van der Waals surface area contributed by atoms with Crippen molar-refractivity contribution in [1.29, 1.82) is 0 Å². The van der Waals surface area contributed by atoms with Crippen LogP contribution < -0.4 is 0 Å². The molecule has 252 valence electrons. The quantitative estimate of drug-likeness (QED) is 0.131. The first-order chi connectivity index (χ1) is 23.7. The maximum atomic E-state index is 13.0. The van der Waals surface area contributed by atoms with E-state index < -0.39 is 6.18 Å². The Labute approximate surface area is 301 Å². The van der Waals surface area contributed by atoms with Crippen LogP contribution in [0.25, 0.3) is 40.7 Å². The van der Waals surface area contributed by atoms with Gasteiger partial charge in [0.15, 0.2) is 23.1 Å². The number of halogens is 3. The van der Waals surface area contributed by atoms with Crippen LogP contribution >= 0.6 is 45.3 Å². The van der Waals surface area contributed by atoms with Crippen LogP contribution in [0, 0.1) is 0 Å². The second kappa shape index (κ2) is 12.2. The number of carbonyl (C=O) groups is 4. The van der Waals surface area contributed by atoms with Gasteiger partial charge in [0.25, 0.3) is 0 Å². The first kappa shape index (κ1) is 34.2. The average molecular weight is 745 g/mol. The van der Waals surface area contributed by atoms with Gasteiger partial charge in [0, 0.05) is 53.9 Å².